The van der Waals surface area contributed by atoms with Gasteiger partial charge in [-0.2, -0.15) is 0 Å². The second-order valence-electron chi connectivity index (χ2n) is 4.62. The topological polar surface area (TPSA) is 96.1 Å². The van der Waals surface area contributed by atoms with Crippen molar-refractivity contribution < 1.29 is 5.11 Å². The molecule has 5 N–H and O–H groups in total. The molecule has 0 aliphatic carbocycles. The number of hydrazine groups is 1. The van der Waals surface area contributed by atoms with Crippen molar-refractivity contribution in [2.24, 2.45) is 11.8 Å². The zero-order valence-corrected chi connectivity index (χ0v) is 11.8. The van der Waals surface area contributed by atoms with Gasteiger partial charge in [-0.1, -0.05) is 20.3 Å². The SMILES string of the molecule is CCCc1nc(NN)cc(NCC(CC)CCO)n1. The van der Waals surface area contributed by atoms with Crippen LogP contribution in [0.5, 0.6) is 0 Å². The van der Waals surface area contributed by atoms with Crippen molar-refractivity contribution in [3.05, 3.63) is 11.9 Å². The van der Waals surface area contributed by atoms with Gasteiger partial charge in [-0.15, -0.1) is 0 Å². The van der Waals surface area contributed by atoms with Gasteiger partial charge >= 0.3 is 0 Å². The van der Waals surface area contributed by atoms with E-state index >= 15 is 0 Å². The first-order valence-electron chi connectivity index (χ1n) is 6.92. The van der Waals surface area contributed by atoms with Crippen molar-refractivity contribution in [2.75, 3.05) is 23.9 Å². The van der Waals surface area contributed by atoms with Crippen LogP contribution < -0.4 is 16.6 Å². The summed E-state index contributed by atoms with van der Waals surface area (Å²) in [5.41, 5.74) is 2.56. The lowest BCUT2D eigenvalue weighted by Gasteiger charge is -2.15. The molecule has 1 heterocycles. The number of nitrogens with one attached hydrogen (secondary N) is 2. The minimum Gasteiger partial charge on any atom is -0.396 e. The lowest BCUT2D eigenvalue weighted by molar-refractivity contribution is 0.258. The Balaban J connectivity index is 2.67. The van der Waals surface area contributed by atoms with Crippen LogP contribution in [0.2, 0.25) is 0 Å². The molecule has 0 fully saturated rings. The average molecular weight is 267 g/mol. The van der Waals surface area contributed by atoms with E-state index in [9.17, 15) is 0 Å². The van der Waals surface area contributed by atoms with Crippen LogP contribution in [0.1, 0.15) is 38.9 Å². The highest BCUT2D eigenvalue weighted by Gasteiger charge is 2.08. The molecule has 0 saturated heterocycles. The smallest absolute Gasteiger partial charge is 0.145 e. The lowest BCUT2D eigenvalue weighted by Crippen LogP contribution is -2.17. The van der Waals surface area contributed by atoms with E-state index in [2.05, 4.69) is 34.6 Å². The number of nitrogens with two attached hydrogens (primary N) is 1. The molecule has 0 radical (unpaired) electrons. The van der Waals surface area contributed by atoms with Crippen LogP contribution in [-0.2, 0) is 6.42 Å². The van der Waals surface area contributed by atoms with Crippen molar-refractivity contribution in [3.63, 3.8) is 0 Å². The molecular formula is C13H25N5O. The van der Waals surface area contributed by atoms with Gasteiger partial charge < -0.3 is 15.8 Å². The first-order valence-corrected chi connectivity index (χ1v) is 6.92. The zero-order chi connectivity index (χ0) is 14.1. The molecule has 0 bridgehead atoms. The van der Waals surface area contributed by atoms with Crippen molar-refractivity contribution in [2.45, 2.75) is 39.5 Å². The number of nitrogen functional groups attached to an aromatic ring is 1. The molecule has 0 aliphatic heterocycles. The molecule has 6 heteroatoms. The van der Waals surface area contributed by atoms with Crippen LogP contribution in [0.3, 0.4) is 0 Å². The van der Waals surface area contributed by atoms with Gasteiger partial charge in [0, 0.05) is 25.6 Å². The van der Waals surface area contributed by atoms with Crippen LogP contribution >= 0.6 is 0 Å². The summed E-state index contributed by atoms with van der Waals surface area (Å²) in [6.45, 7) is 5.23. The quantitative estimate of drug-likeness (QED) is 0.400. The molecule has 0 amide bonds. The minimum absolute atomic E-state index is 0.223. The van der Waals surface area contributed by atoms with Crippen LogP contribution in [-0.4, -0.2) is 28.2 Å². The summed E-state index contributed by atoms with van der Waals surface area (Å²) >= 11 is 0. The van der Waals surface area contributed by atoms with Gasteiger partial charge in [0.2, 0.25) is 0 Å². The van der Waals surface area contributed by atoms with E-state index in [-0.39, 0.29) is 6.61 Å². The Kier molecular flexibility index (Phi) is 7.14. The van der Waals surface area contributed by atoms with E-state index in [1.54, 1.807) is 6.07 Å². The third kappa shape index (κ3) is 5.40. The summed E-state index contributed by atoms with van der Waals surface area (Å²) in [5.74, 6) is 8.05. The Bertz CT molecular complexity index is 372. The Hall–Kier alpha value is -1.40. The van der Waals surface area contributed by atoms with Crippen LogP contribution in [0.15, 0.2) is 6.07 Å². The molecule has 1 aromatic heterocycles. The van der Waals surface area contributed by atoms with Gasteiger partial charge in [-0.25, -0.2) is 15.8 Å². The van der Waals surface area contributed by atoms with E-state index in [0.717, 1.165) is 43.9 Å². The number of rotatable bonds is 9. The van der Waals surface area contributed by atoms with E-state index in [1.165, 1.54) is 0 Å². The number of aryl methyl sites for hydroxylation is 1. The molecule has 6 nitrogen and oxygen atoms in total. The van der Waals surface area contributed by atoms with Gasteiger partial charge in [0.25, 0.3) is 0 Å². The second-order valence-corrected chi connectivity index (χ2v) is 4.62. The Labute approximate surface area is 114 Å². The predicted molar refractivity (Wildman–Crippen MR) is 77.8 cm³/mol. The fourth-order valence-corrected chi connectivity index (χ4v) is 1.88. The first-order chi connectivity index (χ1) is 9.23. The highest BCUT2D eigenvalue weighted by molar-refractivity contribution is 5.46. The maximum atomic E-state index is 8.98. The first kappa shape index (κ1) is 15.7. The van der Waals surface area contributed by atoms with Crippen LogP contribution in [0, 0.1) is 5.92 Å². The van der Waals surface area contributed by atoms with Gasteiger partial charge in [-0.05, 0) is 18.8 Å². The summed E-state index contributed by atoms with van der Waals surface area (Å²) in [5, 5.41) is 12.3. The third-order valence-corrected chi connectivity index (χ3v) is 3.08. The lowest BCUT2D eigenvalue weighted by atomic mass is 10.0. The maximum Gasteiger partial charge on any atom is 0.145 e. The largest absolute Gasteiger partial charge is 0.396 e. The number of hydrogen-bond donors (Lipinski definition) is 4. The third-order valence-electron chi connectivity index (χ3n) is 3.08. The van der Waals surface area contributed by atoms with Gasteiger partial charge in [-0.3, -0.25) is 0 Å². The fourth-order valence-electron chi connectivity index (χ4n) is 1.88. The zero-order valence-electron chi connectivity index (χ0n) is 11.8. The monoisotopic (exact) mass is 267 g/mol. The molecular weight excluding hydrogens is 242 g/mol. The number of aliphatic hydroxyl groups is 1. The average Bonchev–Trinajstić information content (AvgIpc) is 2.43. The second kappa shape index (κ2) is 8.66. The molecule has 0 spiro atoms. The molecule has 1 rings (SSSR count). The molecule has 19 heavy (non-hydrogen) atoms. The highest BCUT2D eigenvalue weighted by Crippen LogP contribution is 2.14. The molecule has 0 saturated carbocycles. The predicted octanol–water partition coefficient (Wildman–Crippen LogP) is 1.54. The normalized spacial score (nSPS) is 12.2. The van der Waals surface area contributed by atoms with Crippen molar-refractivity contribution in [1.82, 2.24) is 9.97 Å². The molecule has 1 aromatic rings. The summed E-state index contributed by atoms with van der Waals surface area (Å²) in [6, 6.07) is 1.80. The molecule has 0 aromatic carbocycles. The Morgan fingerprint density at radius 1 is 1.32 bits per heavy atom. The van der Waals surface area contributed by atoms with Gasteiger partial charge in [0.1, 0.15) is 17.5 Å². The molecule has 1 unspecified atom stereocenters. The Morgan fingerprint density at radius 2 is 2.05 bits per heavy atom. The number of anilines is 2. The van der Waals surface area contributed by atoms with E-state index in [1.807, 2.05) is 0 Å². The van der Waals surface area contributed by atoms with Gasteiger partial charge in [0.05, 0.1) is 0 Å². The standard InChI is InChI=1S/C13H25N5O/c1-3-5-11-16-12(8-13(17-11)18-14)15-9-10(4-2)6-7-19/h8,10,19H,3-7,9,14H2,1-2H3,(H2,15,16,17,18). The van der Waals surface area contributed by atoms with Crippen molar-refractivity contribution >= 4 is 11.6 Å². The Morgan fingerprint density at radius 3 is 2.63 bits per heavy atom. The minimum atomic E-state index is 0.223. The summed E-state index contributed by atoms with van der Waals surface area (Å²) in [6.07, 6.45) is 3.66. The number of aliphatic hydroxyl groups excluding tert-OH is 1. The van der Waals surface area contributed by atoms with Crippen molar-refractivity contribution in [1.29, 1.82) is 0 Å². The summed E-state index contributed by atoms with van der Waals surface area (Å²) < 4.78 is 0. The van der Waals surface area contributed by atoms with Gasteiger partial charge in [0.15, 0.2) is 0 Å². The van der Waals surface area contributed by atoms with E-state index in [0.29, 0.717) is 11.7 Å². The van der Waals surface area contributed by atoms with E-state index in [4.69, 9.17) is 10.9 Å². The number of hydrogen-bond acceptors (Lipinski definition) is 6. The highest BCUT2D eigenvalue weighted by atomic mass is 16.3. The molecule has 108 valence electrons. The number of nitrogens with zero attached hydrogens (tertiary/aromatic N) is 2. The summed E-state index contributed by atoms with van der Waals surface area (Å²) in [7, 11) is 0. The maximum absolute atomic E-state index is 8.98. The number of aromatic nitrogens is 2. The fraction of sp³-hybridized carbons (Fsp3) is 0.692. The van der Waals surface area contributed by atoms with Crippen LogP contribution in [0.4, 0.5) is 11.6 Å². The molecule has 1 atom stereocenters. The van der Waals surface area contributed by atoms with E-state index < -0.39 is 0 Å². The van der Waals surface area contributed by atoms with Crippen molar-refractivity contribution in [3.8, 4) is 0 Å². The molecule has 0 aliphatic rings. The van der Waals surface area contributed by atoms with Crippen LogP contribution in [0.25, 0.3) is 0 Å². The summed E-state index contributed by atoms with van der Waals surface area (Å²) in [4.78, 5) is 8.76.